The zero-order valence-corrected chi connectivity index (χ0v) is 8.75. The van der Waals surface area contributed by atoms with Gasteiger partial charge in [0.2, 0.25) is 0 Å². The van der Waals surface area contributed by atoms with Gasteiger partial charge in [-0.05, 0) is 19.4 Å². The molecule has 1 aromatic rings. The van der Waals surface area contributed by atoms with E-state index in [-0.39, 0.29) is 12.1 Å². The number of oxazole rings is 1. The van der Waals surface area contributed by atoms with Crippen molar-refractivity contribution in [1.82, 2.24) is 15.6 Å². The quantitative estimate of drug-likeness (QED) is 0.768. The van der Waals surface area contributed by atoms with Crippen LogP contribution in [0, 0.1) is 0 Å². The third kappa shape index (κ3) is 2.36. The summed E-state index contributed by atoms with van der Waals surface area (Å²) in [6.07, 6.45) is 4.27. The lowest BCUT2D eigenvalue weighted by Gasteiger charge is -2.10. The van der Waals surface area contributed by atoms with Crippen molar-refractivity contribution in [3.05, 3.63) is 17.8 Å². The molecule has 0 aromatic carbocycles. The smallest absolute Gasteiger partial charge is 0.274 e. The van der Waals surface area contributed by atoms with Gasteiger partial charge < -0.3 is 9.73 Å². The Labute approximate surface area is 88.3 Å². The van der Waals surface area contributed by atoms with Crippen LogP contribution in [0.3, 0.4) is 0 Å². The van der Waals surface area contributed by atoms with Crippen LogP contribution in [0.15, 0.2) is 10.7 Å². The summed E-state index contributed by atoms with van der Waals surface area (Å²) >= 11 is 0. The Hall–Kier alpha value is -1.36. The number of rotatable bonds is 3. The number of hydrogen-bond acceptors (Lipinski definition) is 4. The molecule has 15 heavy (non-hydrogen) atoms. The molecular weight excluding hydrogens is 194 g/mol. The second-order valence-corrected chi connectivity index (χ2v) is 3.60. The van der Waals surface area contributed by atoms with Crippen LogP contribution in [0.1, 0.15) is 36.1 Å². The summed E-state index contributed by atoms with van der Waals surface area (Å²) in [7, 11) is 0. The fourth-order valence-electron chi connectivity index (χ4n) is 1.62. The molecule has 1 saturated heterocycles. The highest BCUT2D eigenvalue weighted by Crippen LogP contribution is 2.05. The number of carbonyl (C=O) groups is 1. The molecule has 1 fully saturated rings. The molecule has 1 aliphatic rings. The first-order chi connectivity index (χ1) is 7.29. The molecule has 1 amide bonds. The predicted molar refractivity (Wildman–Crippen MR) is 54.4 cm³/mol. The maximum atomic E-state index is 11.7. The summed E-state index contributed by atoms with van der Waals surface area (Å²) in [5, 5.41) is 6.05. The van der Waals surface area contributed by atoms with E-state index in [0.29, 0.717) is 18.0 Å². The van der Waals surface area contributed by atoms with E-state index in [0.717, 1.165) is 19.4 Å². The molecule has 1 unspecified atom stereocenters. The van der Waals surface area contributed by atoms with Gasteiger partial charge in [-0.2, -0.15) is 0 Å². The van der Waals surface area contributed by atoms with E-state index in [2.05, 4.69) is 15.6 Å². The normalized spacial score (nSPS) is 20.5. The first kappa shape index (κ1) is 10.2. The second-order valence-electron chi connectivity index (χ2n) is 3.60. The zero-order chi connectivity index (χ0) is 10.7. The molecule has 1 aliphatic heterocycles. The van der Waals surface area contributed by atoms with Gasteiger partial charge in [0.1, 0.15) is 6.26 Å². The van der Waals surface area contributed by atoms with E-state index in [1.165, 1.54) is 6.26 Å². The van der Waals surface area contributed by atoms with Gasteiger partial charge in [-0.3, -0.25) is 10.1 Å². The zero-order valence-electron chi connectivity index (χ0n) is 8.75. The summed E-state index contributed by atoms with van der Waals surface area (Å²) in [4.78, 5) is 15.7. The number of hydrogen-bond donors (Lipinski definition) is 2. The van der Waals surface area contributed by atoms with Crippen LogP contribution in [-0.2, 0) is 6.42 Å². The third-order valence-corrected chi connectivity index (χ3v) is 2.45. The summed E-state index contributed by atoms with van der Waals surface area (Å²) in [6.45, 7) is 2.90. The Morgan fingerprint density at radius 1 is 1.80 bits per heavy atom. The molecule has 2 N–H and O–H groups in total. The van der Waals surface area contributed by atoms with Crippen molar-refractivity contribution in [2.75, 3.05) is 6.54 Å². The number of nitrogens with zero attached hydrogens (tertiary/aromatic N) is 1. The SMILES string of the molecule is CCc1nc(C(=O)NC2CCCN2)co1. The summed E-state index contributed by atoms with van der Waals surface area (Å²) in [5.74, 6) is 0.428. The van der Waals surface area contributed by atoms with Crippen molar-refractivity contribution in [3.8, 4) is 0 Å². The number of nitrogens with one attached hydrogen (secondary N) is 2. The lowest BCUT2D eigenvalue weighted by Crippen LogP contribution is -2.41. The van der Waals surface area contributed by atoms with Gasteiger partial charge in [0, 0.05) is 6.42 Å². The highest BCUT2D eigenvalue weighted by Gasteiger charge is 2.19. The van der Waals surface area contributed by atoms with Crippen LogP contribution in [0.4, 0.5) is 0 Å². The number of aromatic nitrogens is 1. The molecule has 5 heteroatoms. The van der Waals surface area contributed by atoms with E-state index in [1.807, 2.05) is 6.92 Å². The molecule has 0 bridgehead atoms. The van der Waals surface area contributed by atoms with Crippen molar-refractivity contribution < 1.29 is 9.21 Å². The van der Waals surface area contributed by atoms with Gasteiger partial charge in [0.05, 0.1) is 6.17 Å². The van der Waals surface area contributed by atoms with Gasteiger partial charge in [-0.1, -0.05) is 6.92 Å². The van der Waals surface area contributed by atoms with Gasteiger partial charge in [0.25, 0.3) is 5.91 Å². The van der Waals surface area contributed by atoms with E-state index < -0.39 is 0 Å². The predicted octanol–water partition coefficient (Wildman–Crippen LogP) is 0.676. The first-order valence-corrected chi connectivity index (χ1v) is 5.28. The van der Waals surface area contributed by atoms with Gasteiger partial charge >= 0.3 is 0 Å². The lowest BCUT2D eigenvalue weighted by atomic mass is 10.3. The Bertz CT molecular complexity index is 342. The van der Waals surface area contributed by atoms with Crippen LogP contribution in [0.25, 0.3) is 0 Å². The maximum Gasteiger partial charge on any atom is 0.274 e. The van der Waals surface area contributed by atoms with Crippen LogP contribution < -0.4 is 10.6 Å². The fraction of sp³-hybridized carbons (Fsp3) is 0.600. The highest BCUT2D eigenvalue weighted by molar-refractivity contribution is 5.92. The standard InChI is InChI=1S/C10H15N3O2/c1-2-9-12-7(6-15-9)10(14)13-8-4-3-5-11-8/h6,8,11H,2-5H2,1H3,(H,13,14). The van der Waals surface area contributed by atoms with Crippen LogP contribution in [0.2, 0.25) is 0 Å². The summed E-state index contributed by atoms with van der Waals surface area (Å²) in [5.41, 5.74) is 0.362. The largest absolute Gasteiger partial charge is 0.448 e. The van der Waals surface area contributed by atoms with Crippen molar-refractivity contribution >= 4 is 5.91 Å². The number of carbonyl (C=O) groups excluding carboxylic acids is 1. The summed E-state index contributed by atoms with van der Waals surface area (Å²) < 4.78 is 5.11. The van der Waals surface area contributed by atoms with Gasteiger partial charge in [-0.15, -0.1) is 0 Å². The highest BCUT2D eigenvalue weighted by atomic mass is 16.3. The van der Waals surface area contributed by atoms with Crippen LogP contribution in [-0.4, -0.2) is 23.6 Å². The lowest BCUT2D eigenvalue weighted by molar-refractivity contribution is 0.0928. The first-order valence-electron chi connectivity index (χ1n) is 5.28. The molecule has 1 aromatic heterocycles. The molecule has 0 radical (unpaired) electrons. The molecule has 82 valence electrons. The average Bonchev–Trinajstić information content (AvgIpc) is 2.86. The number of aryl methyl sites for hydroxylation is 1. The monoisotopic (exact) mass is 209 g/mol. The number of amides is 1. The van der Waals surface area contributed by atoms with Crippen molar-refractivity contribution in [3.63, 3.8) is 0 Å². The van der Waals surface area contributed by atoms with E-state index in [1.54, 1.807) is 0 Å². The van der Waals surface area contributed by atoms with E-state index >= 15 is 0 Å². The fourth-order valence-corrected chi connectivity index (χ4v) is 1.62. The third-order valence-electron chi connectivity index (χ3n) is 2.45. The summed E-state index contributed by atoms with van der Waals surface area (Å²) in [6, 6.07) is 0. The Morgan fingerprint density at radius 2 is 2.67 bits per heavy atom. The molecule has 5 nitrogen and oxygen atoms in total. The minimum absolute atomic E-state index is 0.0827. The minimum Gasteiger partial charge on any atom is -0.448 e. The maximum absolute atomic E-state index is 11.7. The van der Waals surface area contributed by atoms with Crippen LogP contribution in [0.5, 0.6) is 0 Å². The van der Waals surface area contributed by atoms with E-state index in [4.69, 9.17) is 4.42 Å². The Kier molecular flexibility index (Phi) is 3.01. The van der Waals surface area contributed by atoms with Crippen molar-refractivity contribution in [1.29, 1.82) is 0 Å². The van der Waals surface area contributed by atoms with E-state index in [9.17, 15) is 4.79 Å². The minimum atomic E-state index is -0.169. The molecule has 0 spiro atoms. The van der Waals surface area contributed by atoms with Crippen molar-refractivity contribution in [2.45, 2.75) is 32.4 Å². The second kappa shape index (κ2) is 4.44. The molecule has 0 aliphatic carbocycles. The molecule has 1 atom stereocenters. The molecule has 2 rings (SSSR count). The Morgan fingerprint density at radius 3 is 3.27 bits per heavy atom. The van der Waals surface area contributed by atoms with Gasteiger partial charge in [0.15, 0.2) is 11.6 Å². The van der Waals surface area contributed by atoms with Gasteiger partial charge in [-0.25, -0.2) is 4.98 Å². The average molecular weight is 209 g/mol. The van der Waals surface area contributed by atoms with Crippen molar-refractivity contribution in [2.24, 2.45) is 0 Å². The topological polar surface area (TPSA) is 67.2 Å². The molecule has 2 heterocycles. The Balaban J connectivity index is 1.94. The molecule has 0 saturated carbocycles. The van der Waals surface area contributed by atoms with Crippen LogP contribution >= 0.6 is 0 Å². The molecular formula is C10H15N3O2.